The first kappa shape index (κ1) is 21.4. The van der Waals surface area contributed by atoms with Gasteiger partial charge in [-0.2, -0.15) is 0 Å². The SMILES string of the molecule is Cc1ccc(C)c(S(=O)(=O)NCCC(=O)NCCOc2cccc(Br)c2)c1. The topological polar surface area (TPSA) is 84.5 Å². The van der Waals surface area contributed by atoms with Gasteiger partial charge in [0.2, 0.25) is 15.9 Å². The van der Waals surface area contributed by atoms with E-state index >= 15 is 0 Å². The quantitative estimate of drug-likeness (QED) is 0.570. The minimum atomic E-state index is -3.63. The van der Waals surface area contributed by atoms with Crippen LogP contribution in [0.3, 0.4) is 0 Å². The van der Waals surface area contributed by atoms with Gasteiger partial charge in [0.1, 0.15) is 12.4 Å². The van der Waals surface area contributed by atoms with Crippen LogP contribution in [-0.2, 0) is 14.8 Å². The van der Waals surface area contributed by atoms with Crippen LogP contribution in [0.25, 0.3) is 0 Å². The summed E-state index contributed by atoms with van der Waals surface area (Å²) in [6, 6.07) is 12.7. The predicted octanol–water partition coefficient (Wildman–Crippen LogP) is 2.93. The van der Waals surface area contributed by atoms with E-state index in [1.54, 1.807) is 19.1 Å². The van der Waals surface area contributed by atoms with E-state index in [4.69, 9.17) is 4.74 Å². The van der Waals surface area contributed by atoms with Crippen molar-refractivity contribution < 1.29 is 17.9 Å². The van der Waals surface area contributed by atoms with Crippen LogP contribution in [0.2, 0.25) is 0 Å². The van der Waals surface area contributed by atoms with E-state index in [9.17, 15) is 13.2 Å². The lowest BCUT2D eigenvalue weighted by molar-refractivity contribution is -0.121. The maximum absolute atomic E-state index is 12.4. The van der Waals surface area contributed by atoms with E-state index < -0.39 is 10.0 Å². The molecule has 2 aromatic carbocycles. The molecule has 0 bridgehead atoms. The number of ether oxygens (including phenoxy) is 1. The molecule has 0 aliphatic heterocycles. The van der Waals surface area contributed by atoms with Crippen molar-refractivity contribution in [1.29, 1.82) is 0 Å². The summed E-state index contributed by atoms with van der Waals surface area (Å²) in [5.74, 6) is 0.469. The summed E-state index contributed by atoms with van der Waals surface area (Å²) in [5, 5.41) is 2.70. The molecular formula is C19H23BrN2O4S. The van der Waals surface area contributed by atoms with Gasteiger partial charge in [0.15, 0.2) is 0 Å². The first-order chi connectivity index (χ1) is 12.8. The summed E-state index contributed by atoms with van der Waals surface area (Å²) in [5.41, 5.74) is 1.53. The first-order valence-corrected chi connectivity index (χ1v) is 10.8. The summed E-state index contributed by atoms with van der Waals surface area (Å²) >= 11 is 3.36. The Morgan fingerprint density at radius 3 is 2.63 bits per heavy atom. The number of halogens is 1. The predicted molar refractivity (Wildman–Crippen MR) is 108 cm³/mol. The highest BCUT2D eigenvalue weighted by Gasteiger charge is 2.16. The highest BCUT2D eigenvalue weighted by atomic mass is 79.9. The van der Waals surface area contributed by atoms with Gasteiger partial charge in [0.05, 0.1) is 11.4 Å². The van der Waals surface area contributed by atoms with Crippen molar-refractivity contribution in [3.05, 3.63) is 58.1 Å². The number of hydrogen-bond donors (Lipinski definition) is 2. The molecule has 0 aliphatic rings. The van der Waals surface area contributed by atoms with E-state index in [0.717, 1.165) is 10.0 Å². The number of amides is 1. The summed E-state index contributed by atoms with van der Waals surface area (Å²) < 4.78 is 33.6. The van der Waals surface area contributed by atoms with Gasteiger partial charge in [0.25, 0.3) is 0 Å². The zero-order valence-electron chi connectivity index (χ0n) is 15.3. The Morgan fingerprint density at radius 1 is 1.11 bits per heavy atom. The van der Waals surface area contributed by atoms with Crippen LogP contribution in [0.1, 0.15) is 17.5 Å². The van der Waals surface area contributed by atoms with Crippen LogP contribution in [-0.4, -0.2) is 34.0 Å². The van der Waals surface area contributed by atoms with E-state index in [1.165, 1.54) is 0 Å². The zero-order valence-corrected chi connectivity index (χ0v) is 17.7. The molecule has 0 atom stereocenters. The van der Waals surface area contributed by atoms with E-state index in [1.807, 2.05) is 37.3 Å². The minimum absolute atomic E-state index is 0.0358. The van der Waals surface area contributed by atoms with Crippen molar-refractivity contribution >= 4 is 31.9 Å². The van der Waals surface area contributed by atoms with Crippen LogP contribution in [0.15, 0.2) is 51.8 Å². The van der Waals surface area contributed by atoms with Gasteiger partial charge in [-0.25, -0.2) is 13.1 Å². The molecule has 0 fully saturated rings. The summed E-state index contributed by atoms with van der Waals surface area (Å²) in [7, 11) is -3.63. The number of carbonyl (C=O) groups is 1. The summed E-state index contributed by atoms with van der Waals surface area (Å²) in [4.78, 5) is 12.1. The number of nitrogens with one attached hydrogen (secondary N) is 2. The average molecular weight is 455 g/mol. The standard InChI is InChI=1S/C19H23BrN2O4S/c1-14-6-7-15(2)18(12-14)27(24,25)22-9-8-19(23)21-10-11-26-17-5-3-4-16(20)13-17/h3-7,12-13,22H,8-11H2,1-2H3,(H,21,23). The Morgan fingerprint density at radius 2 is 1.89 bits per heavy atom. The third-order valence-electron chi connectivity index (χ3n) is 3.77. The van der Waals surface area contributed by atoms with Gasteiger partial charge in [-0.15, -0.1) is 0 Å². The molecule has 0 saturated heterocycles. The Hall–Kier alpha value is -1.90. The molecule has 27 heavy (non-hydrogen) atoms. The molecule has 1 amide bonds. The van der Waals surface area contributed by atoms with Crippen molar-refractivity contribution in [1.82, 2.24) is 10.0 Å². The Balaban J connectivity index is 1.71. The highest BCUT2D eigenvalue weighted by Crippen LogP contribution is 2.17. The van der Waals surface area contributed by atoms with Crippen LogP contribution in [0, 0.1) is 13.8 Å². The molecule has 0 aromatic heterocycles. The molecule has 6 nitrogen and oxygen atoms in total. The maximum Gasteiger partial charge on any atom is 0.240 e. The highest BCUT2D eigenvalue weighted by molar-refractivity contribution is 9.10. The second-order valence-corrected chi connectivity index (χ2v) is 8.72. The smallest absolute Gasteiger partial charge is 0.240 e. The van der Waals surface area contributed by atoms with Gasteiger partial charge in [-0.3, -0.25) is 4.79 Å². The van der Waals surface area contributed by atoms with Crippen molar-refractivity contribution in [2.24, 2.45) is 0 Å². The van der Waals surface area contributed by atoms with Crippen LogP contribution < -0.4 is 14.8 Å². The van der Waals surface area contributed by atoms with Crippen molar-refractivity contribution in [2.45, 2.75) is 25.2 Å². The molecule has 2 N–H and O–H groups in total. The van der Waals surface area contributed by atoms with E-state index in [0.29, 0.717) is 24.5 Å². The molecule has 0 radical (unpaired) electrons. The van der Waals surface area contributed by atoms with Gasteiger partial charge < -0.3 is 10.1 Å². The van der Waals surface area contributed by atoms with Crippen molar-refractivity contribution in [3.8, 4) is 5.75 Å². The normalized spacial score (nSPS) is 11.2. The molecule has 2 rings (SSSR count). The van der Waals surface area contributed by atoms with Gasteiger partial charge in [0, 0.05) is 17.4 Å². The van der Waals surface area contributed by atoms with Gasteiger partial charge >= 0.3 is 0 Å². The molecule has 0 spiro atoms. The Bertz CT molecular complexity index is 900. The van der Waals surface area contributed by atoms with Gasteiger partial charge in [-0.1, -0.05) is 34.1 Å². The molecule has 8 heteroatoms. The monoisotopic (exact) mass is 454 g/mol. The zero-order chi connectivity index (χ0) is 19.9. The fourth-order valence-corrected chi connectivity index (χ4v) is 4.12. The number of hydrogen-bond acceptors (Lipinski definition) is 4. The van der Waals surface area contributed by atoms with Crippen molar-refractivity contribution in [2.75, 3.05) is 19.7 Å². The Kier molecular flexibility index (Phi) is 7.82. The minimum Gasteiger partial charge on any atom is -0.492 e. The fourth-order valence-electron chi connectivity index (χ4n) is 2.38. The largest absolute Gasteiger partial charge is 0.492 e. The van der Waals surface area contributed by atoms with Crippen LogP contribution in [0.5, 0.6) is 5.75 Å². The van der Waals surface area contributed by atoms with Crippen molar-refractivity contribution in [3.63, 3.8) is 0 Å². The van der Waals surface area contributed by atoms with Gasteiger partial charge in [-0.05, 0) is 49.2 Å². The molecule has 0 unspecified atom stereocenters. The summed E-state index contributed by atoms with van der Waals surface area (Å²) in [6.45, 7) is 4.29. The first-order valence-electron chi connectivity index (χ1n) is 8.50. The number of aryl methyl sites for hydroxylation is 2. The number of rotatable bonds is 9. The number of sulfonamides is 1. The second kappa shape index (κ2) is 9.87. The van der Waals surface area contributed by atoms with E-state index in [-0.39, 0.29) is 23.8 Å². The summed E-state index contributed by atoms with van der Waals surface area (Å²) in [6.07, 6.45) is 0.0565. The molecular weight excluding hydrogens is 432 g/mol. The third-order valence-corrected chi connectivity index (χ3v) is 5.86. The lowest BCUT2D eigenvalue weighted by Gasteiger charge is -2.11. The van der Waals surface area contributed by atoms with Crippen LogP contribution >= 0.6 is 15.9 Å². The molecule has 0 heterocycles. The second-order valence-electron chi connectivity index (χ2n) is 6.07. The molecule has 2 aromatic rings. The molecule has 0 aliphatic carbocycles. The maximum atomic E-state index is 12.4. The molecule has 0 saturated carbocycles. The fraction of sp³-hybridized carbons (Fsp3) is 0.316. The number of carbonyl (C=O) groups excluding carboxylic acids is 1. The van der Waals surface area contributed by atoms with E-state index in [2.05, 4.69) is 26.0 Å². The Labute approximate surface area is 168 Å². The average Bonchev–Trinajstić information content (AvgIpc) is 2.60. The lowest BCUT2D eigenvalue weighted by Crippen LogP contribution is -2.33. The number of benzene rings is 2. The molecule has 146 valence electrons. The van der Waals surface area contributed by atoms with Crippen LogP contribution in [0.4, 0.5) is 0 Å². The third kappa shape index (κ3) is 6.97. The lowest BCUT2D eigenvalue weighted by atomic mass is 10.2.